The van der Waals surface area contributed by atoms with Gasteiger partial charge in [0.15, 0.2) is 0 Å². The number of nitrogens with zero attached hydrogens (tertiary/aromatic N) is 1. The van der Waals surface area contributed by atoms with Crippen LogP contribution in [0.3, 0.4) is 0 Å². The molecule has 2 heteroatoms. The molecule has 0 heterocycles. The van der Waals surface area contributed by atoms with Gasteiger partial charge in [0.05, 0.1) is 0 Å². The summed E-state index contributed by atoms with van der Waals surface area (Å²) in [4.78, 5) is 2.54. The van der Waals surface area contributed by atoms with Crippen molar-refractivity contribution in [3.05, 3.63) is 0 Å². The Morgan fingerprint density at radius 3 is 2.65 bits per heavy atom. The third-order valence-electron chi connectivity index (χ3n) is 4.65. The molecule has 2 bridgehead atoms. The van der Waals surface area contributed by atoms with Crippen LogP contribution in [0.15, 0.2) is 0 Å². The summed E-state index contributed by atoms with van der Waals surface area (Å²) < 4.78 is 0. The number of fused-ring (bicyclic) bond motifs is 2. The van der Waals surface area contributed by atoms with Crippen molar-refractivity contribution < 1.29 is 0 Å². The molecule has 0 aliphatic heterocycles. The maximum absolute atomic E-state index is 3.53. The normalized spacial score (nSPS) is 31.9. The van der Waals surface area contributed by atoms with E-state index < -0.39 is 0 Å². The Morgan fingerprint density at radius 2 is 2.06 bits per heavy atom. The van der Waals surface area contributed by atoms with Gasteiger partial charge in [0.2, 0.25) is 0 Å². The monoisotopic (exact) mass is 238 g/mol. The summed E-state index contributed by atoms with van der Waals surface area (Å²) in [5.74, 6) is 3.96. The highest BCUT2D eigenvalue weighted by atomic mass is 15.1. The molecule has 0 aromatic carbocycles. The van der Waals surface area contributed by atoms with E-state index in [1.54, 1.807) is 6.42 Å². The first-order chi connectivity index (χ1) is 8.15. The van der Waals surface area contributed by atoms with Gasteiger partial charge in [-0.25, -0.2) is 0 Å². The zero-order valence-corrected chi connectivity index (χ0v) is 11.9. The van der Waals surface area contributed by atoms with Gasteiger partial charge in [-0.3, -0.25) is 0 Å². The molecule has 2 nitrogen and oxygen atoms in total. The highest BCUT2D eigenvalue weighted by Gasteiger charge is 2.39. The largest absolute Gasteiger partial charge is 0.315 e. The minimum atomic E-state index is 0.769. The number of rotatable bonds is 7. The fraction of sp³-hybridized carbons (Fsp3) is 1.00. The van der Waals surface area contributed by atoms with Crippen molar-refractivity contribution in [3.8, 4) is 0 Å². The van der Waals surface area contributed by atoms with Crippen molar-refractivity contribution in [1.82, 2.24) is 10.2 Å². The predicted molar refractivity (Wildman–Crippen MR) is 74.1 cm³/mol. The van der Waals surface area contributed by atoms with E-state index in [1.807, 2.05) is 0 Å². The van der Waals surface area contributed by atoms with E-state index >= 15 is 0 Å². The Morgan fingerprint density at radius 1 is 1.24 bits per heavy atom. The lowest BCUT2D eigenvalue weighted by atomic mass is 9.88. The average molecular weight is 238 g/mol. The van der Waals surface area contributed by atoms with Gasteiger partial charge in [-0.1, -0.05) is 20.3 Å². The lowest BCUT2D eigenvalue weighted by Gasteiger charge is -2.27. The van der Waals surface area contributed by atoms with Crippen LogP contribution in [0.1, 0.15) is 39.5 Å². The molecule has 3 unspecified atom stereocenters. The van der Waals surface area contributed by atoms with Gasteiger partial charge in [0, 0.05) is 19.6 Å². The van der Waals surface area contributed by atoms with Crippen molar-refractivity contribution in [2.24, 2.45) is 23.7 Å². The molecule has 2 aliphatic rings. The summed E-state index contributed by atoms with van der Waals surface area (Å²) in [6.07, 6.45) is 6.12. The average Bonchev–Trinajstić information content (AvgIpc) is 2.86. The number of hydrogen-bond donors (Lipinski definition) is 1. The van der Waals surface area contributed by atoms with Gasteiger partial charge in [0.1, 0.15) is 0 Å². The summed E-state index contributed by atoms with van der Waals surface area (Å²) in [6, 6.07) is 0. The van der Waals surface area contributed by atoms with Crippen LogP contribution in [0.4, 0.5) is 0 Å². The first-order valence-corrected chi connectivity index (χ1v) is 7.54. The molecular formula is C15H30N2. The molecule has 0 saturated heterocycles. The highest BCUT2D eigenvalue weighted by Crippen LogP contribution is 2.48. The maximum Gasteiger partial charge on any atom is 0.0104 e. The molecule has 1 N–H and O–H groups in total. The third-order valence-corrected chi connectivity index (χ3v) is 4.65. The van der Waals surface area contributed by atoms with E-state index in [9.17, 15) is 0 Å². The van der Waals surface area contributed by atoms with E-state index in [0.29, 0.717) is 0 Å². The van der Waals surface area contributed by atoms with Crippen LogP contribution >= 0.6 is 0 Å². The number of nitrogens with one attached hydrogen (secondary N) is 1. The Bertz CT molecular complexity index is 227. The van der Waals surface area contributed by atoms with E-state index in [4.69, 9.17) is 0 Å². The van der Waals surface area contributed by atoms with Gasteiger partial charge < -0.3 is 10.2 Å². The van der Waals surface area contributed by atoms with E-state index in [1.165, 1.54) is 32.4 Å². The minimum Gasteiger partial charge on any atom is -0.315 e. The lowest BCUT2D eigenvalue weighted by molar-refractivity contribution is 0.219. The second-order valence-corrected chi connectivity index (χ2v) is 6.80. The van der Waals surface area contributed by atoms with Crippen LogP contribution in [0.2, 0.25) is 0 Å². The Kier molecular flexibility index (Phi) is 4.87. The van der Waals surface area contributed by atoms with Crippen molar-refractivity contribution in [2.45, 2.75) is 39.5 Å². The Balaban J connectivity index is 1.56. The fourth-order valence-corrected chi connectivity index (χ4v) is 3.75. The molecule has 0 aromatic heterocycles. The Labute approximate surface area is 107 Å². The smallest absolute Gasteiger partial charge is 0.0104 e. The molecule has 17 heavy (non-hydrogen) atoms. The molecular weight excluding hydrogens is 208 g/mol. The second-order valence-electron chi connectivity index (χ2n) is 6.80. The van der Waals surface area contributed by atoms with E-state index in [-0.39, 0.29) is 0 Å². The molecule has 2 saturated carbocycles. The van der Waals surface area contributed by atoms with E-state index in [2.05, 4.69) is 31.1 Å². The van der Waals surface area contributed by atoms with E-state index in [0.717, 1.165) is 36.8 Å². The van der Waals surface area contributed by atoms with Crippen LogP contribution in [0.5, 0.6) is 0 Å². The van der Waals surface area contributed by atoms with Crippen molar-refractivity contribution in [2.75, 3.05) is 33.2 Å². The van der Waals surface area contributed by atoms with Crippen LogP contribution in [-0.4, -0.2) is 38.1 Å². The summed E-state index contributed by atoms with van der Waals surface area (Å²) in [5.41, 5.74) is 0. The molecule has 2 fully saturated rings. The maximum atomic E-state index is 3.53. The first-order valence-electron chi connectivity index (χ1n) is 7.54. The van der Waals surface area contributed by atoms with Gasteiger partial charge in [-0.2, -0.15) is 0 Å². The zero-order valence-electron chi connectivity index (χ0n) is 11.9. The molecule has 100 valence electrons. The van der Waals surface area contributed by atoms with Crippen LogP contribution in [-0.2, 0) is 0 Å². The fourth-order valence-electron chi connectivity index (χ4n) is 3.75. The Hall–Kier alpha value is -0.0800. The van der Waals surface area contributed by atoms with Crippen molar-refractivity contribution in [3.63, 3.8) is 0 Å². The first kappa shape index (κ1) is 13.4. The molecule has 3 atom stereocenters. The van der Waals surface area contributed by atoms with Crippen LogP contribution in [0.25, 0.3) is 0 Å². The zero-order chi connectivity index (χ0) is 12.3. The highest BCUT2D eigenvalue weighted by molar-refractivity contribution is 4.90. The van der Waals surface area contributed by atoms with Gasteiger partial charge in [-0.15, -0.1) is 0 Å². The van der Waals surface area contributed by atoms with Gasteiger partial charge >= 0.3 is 0 Å². The van der Waals surface area contributed by atoms with Crippen molar-refractivity contribution in [1.29, 1.82) is 0 Å². The number of hydrogen-bond acceptors (Lipinski definition) is 2. The molecule has 0 aromatic rings. The number of likely N-dealkylation sites (N-methyl/N-ethyl adjacent to an activating group) is 1. The van der Waals surface area contributed by atoms with Crippen LogP contribution < -0.4 is 5.32 Å². The molecule has 0 spiro atoms. The SMILES string of the molecule is CC(C)CNCCN(C)CC1CC2CCC1C2. The topological polar surface area (TPSA) is 15.3 Å². The molecule has 2 rings (SSSR count). The van der Waals surface area contributed by atoms with Gasteiger partial charge in [-0.05, 0) is 56.5 Å². The lowest BCUT2D eigenvalue weighted by Crippen LogP contribution is -2.35. The molecule has 0 radical (unpaired) electrons. The quantitative estimate of drug-likeness (QED) is 0.686. The summed E-state index contributed by atoms with van der Waals surface area (Å²) in [6.45, 7) is 9.39. The standard InChI is InChI=1S/C15H30N2/c1-12(2)10-16-6-7-17(3)11-15-9-13-4-5-14(15)8-13/h12-16H,4-11H2,1-3H3. The van der Waals surface area contributed by atoms with Crippen molar-refractivity contribution >= 4 is 0 Å². The predicted octanol–water partition coefficient (Wildman–Crippen LogP) is 2.60. The van der Waals surface area contributed by atoms with Gasteiger partial charge in [0.25, 0.3) is 0 Å². The third kappa shape index (κ3) is 3.96. The summed E-state index contributed by atoms with van der Waals surface area (Å²) in [7, 11) is 2.29. The second kappa shape index (κ2) is 6.19. The molecule has 0 amide bonds. The summed E-state index contributed by atoms with van der Waals surface area (Å²) >= 11 is 0. The van der Waals surface area contributed by atoms with Crippen LogP contribution in [0, 0.1) is 23.7 Å². The summed E-state index contributed by atoms with van der Waals surface area (Å²) in [5, 5.41) is 3.53. The minimum absolute atomic E-state index is 0.769. The molecule has 2 aliphatic carbocycles.